The summed E-state index contributed by atoms with van der Waals surface area (Å²) in [5.41, 5.74) is 0.321. The van der Waals surface area contributed by atoms with Crippen LogP contribution in [0, 0.1) is 5.41 Å². The van der Waals surface area contributed by atoms with E-state index in [1.54, 1.807) is 0 Å². The van der Waals surface area contributed by atoms with Crippen LogP contribution in [0.5, 0.6) is 0 Å². The van der Waals surface area contributed by atoms with Crippen LogP contribution < -0.4 is 0 Å². The molecule has 0 N–H and O–H groups in total. The molecule has 86 valence electrons. The Hall–Kier alpha value is -0.0200. The molecule has 0 radical (unpaired) electrons. The Balaban J connectivity index is 1.94. The first-order valence-electron chi connectivity index (χ1n) is 5.83. The van der Waals surface area contributed by atoms with Crippen LogP contribution in [0.15, 0.2) is 0 Å². The van der Waals surface area contributed by atoms with Crippen LogP contribution in [0.1, 0.15) is 39.5 Å². The summed E-state index contributed by atoms with van der Waals surface area (Å²) in [6.45, 7) is 6.38. The summed E-state index contributed by atoms with van der Waals surface area (Å²) in [5, 5.41) is 1.13. The largest absolute Gasteiger partial charge is 0.380 e. The Bertz CT molecular complexity index is 244. The molecular weight excluding hydrogens is 208 g/mol. The van der Waals surface area contributed by atoms with Gasteiger partial charge in [0.05, 0.1) is 6.61 Å². The quantitative estimate of drug-likeness (QED) is 0.727. The molecule has 0 spiro atoms. The third-order valence-corrected chi connectivity index (χ3v) is 5.47. The SMILES string of the molecule is CC1(C)CCC(=O)CC1SC1CCOC1. The van der Waals surface area contributed by atoms with E-state index in [1.165, 1.54) is 0 Å². The lowest BCUT2D eigenvalue weighted by atomic mass is 9.76. The molecule has 2 rings (SSSR count). The number of thioether (sulfide) groups is 1. The molecule has 2 nitrogen and oxygen atoms in total. The number of hydrogen-bond acceptors (Lipinski definition) is 3. The van der Waals surface area contributed by atoms with E-state index in [1.807, 2.05) is 11.8 Å². The summed E-state index contributed by atoms with van der Waals surface area (Å²) < 4.78 is 5.39. The topological polar surface area (TPSA) is 26.3 Å². The van der Waals surface area contributed by atoms with E-state index in [9.17, 15) is 4.79 Å². The molecule has 2 atom stereocenters. The number of ether oxygens (including phenoxy) is 1. The van der Waals surface area contributed by atoms with Crippen molar-refractivity contribution in [1.82, 2.24) is 0 Å². The molecule has 0 aromatic rings. The average Bonchev–Trinajstić information content (AvgIpc) is 2.65. The third kappa shape index (κ3) is 2.76. The predicted octanol–water partition coefficient (Wildman–Crippen LogP) is 2.66. The highest BCUT2D eigenvalue weighted by molar-refractivity contribution is 8.00. The second-order valence-corrected chi connectivity index (χ2v) is 6.85. The predicted molar refractivity (Wildman–Crippen MR) is 63.2 cm³/mol. The maximum Gasteiger partial charge on any atom is 0.134 e. The van der Waals surface area contributed by atoms with Gasteiger partial charge < -0.3 is 4.74 Å². The molecule has 0 aromatic heterocycles. The number of Topliss-reactive ketones (excluding diaryl/α,β-unsaturated/α-hetero) is 1. The smallest absolute Gasteiger partial charge is 0.134 e. The zero-order valence-electron chi connectivity index (χ0n) is 9.62. The van der Waals surface area contributed by atoms with Crippen LogP contribution >= 0.6 is 11.8 Å². The lowest BCUT2D eigenvalue weighted by Gasteiger charge is -2.38. The summed E-state index contributed by atoms with van der Waals surface area (Å²) in [6, 6.07) is 0. The summed E-state index contributed by atoms with van der Waals surface area (Å²) >= 11 is 1.99. The van der Waals surface area contributed by atoms with E-state index in [2.05, 4.69) is 13.8 Å². The summed E-state index contributed by atoms with van der Waals surface area (Å²) in [4.78, 5) is 11.5. The van der Waals surface area contributed by atoms with Crippen LogP contribution in [0.4, 0.5) is 0 Å². The molecule has 2 aliphatic rings. The Morgan fingerprint density at radius 1 is 1.47 bits per heavy atom. The van der Waals surface area contributed by atoms with Crippen molar-refractivity contribution >= 4 is 17.5 Å². The molecule has 1 saturated heterocycles. The molecule has 1 aliphatic heterocycles. The molecule has 3 heteroatoms. The Kier molecular flexibility index (Phi) is 3.41. The molecule has 0 aromatic carbocycles. The van der Waals surface area contributed by atoms with E-state index < -0.39 is 0 Å². The molecule has 2 unspecified atom stereocenters. The van der Waals surface area contributed by atoms with Crippen LogP contribution in [-0.2, 0) is 9.53 Å². The van der Waals surface area contributed by atoms with Gasteiger partial charge in [-0.15, -0.1) is 0 Å². The minimum atomic E-state index is 0.321. The van der Waals surface area contributed by atoms with E-state index in [-0.39, 0.29) is 0 Å². The highest BCUT2D eigenvalue weighted by atomic mass is 32.2. The van der Waals surface area contributed by atoms with Gasteiger partial charge in [-0.1, -0.05) is 13.8 Å². The minimum absolute atomic E-state index is 0.321. The van der Waals surface area contributed by atoms with Gasteiger partial charge in [-0.05, 0) is 18.3 Å². The summed E-state index contributed by atoms with van der Waals surface area (Å²) in [7, 11) is 0. The van der Waals surface area contributed by atoms with Crippen molar-refractivity contribution in [3.05, 3.63) is 0 Å². The highest BCUT2D eigenvalue weighted by Crippen LogP contribution is 2.43. The molecule has 1 saturated carbocycles. The summed E-state index contributed by atoms with van der Waals surface area (Å²) in [5.74, 6) is 0.450. The van der Waals surface area contributed by atoms with Crippen molar-refractivity contribution in [3.63, 3.8) is 0 Å². The van der Waals surface area contributed by atoms with E-state index in [0.29, 0.717) is 21.7 Å². The highest BCUT2D eigenvalue weighted by Gasteiger charge is 2.37. The zero-order valence-corrected chi connectivity index (χ0v) is 10.4. The molecular formula is C12H20O2S. The normalized spacial score (nSPS) is 35.7. The lowest BCUT2D eigenvalue weighted by Crippen LogP contribution is -2.35. The Morgan fingerprint density at radius 3 is 2.93 bits per heavy atom. The molecule has 1 aliphatic carbocycles. The fraction of sp³-hybridized carbons (Fsp3) is 0.917. The van der Waals surface area contributed by atoms with Crippen molar-refractivity contribution in [2.24, 2.45) is 5.41 Å². The van der Waals surface area contributed by atoms with Crippen LogP contribution in [0.3, 0.4) is 0 Å². The number of carbonyl (C=O) groups is 1. The van der Waals surface area contributed by atoms with Crippen LogP contribution in [-0.4, -0.2) is 29.5 Å². The van der Waals surface area contributed by atoms with Gasteiger partial charge in [0.2, 0.25) is 0 Å². The number of ketones is 1. The van der Waals surface area contributed by atoms with Gasteiger partial charge >= 0.3 is 0 Å². The van der Waals surface area contributed by atoms with Crippen molar-refractivity contribution in [2.75, 3.05) is 13.2 Å². The standard InChI is InChI=1S/C12H20O2S/c1-12(2)5-3-9(13)7-11(12)15-10-4-6-14-8-10/h10-11H,3-8H2,1-2H3. The Morgan fingerprint density at radius 2 is 2.27 bits per heavy atom. The van der Waals surface area contributed by atoms with E-state index in [0.717, 1.165) is 38.9 Å². The van der Waals surface area contributed by atoms with Gasteiger partial charge in [-0.2, -0.15) is 11.8 Å². The summed E-state index contributed by atoms with van der Waals surface area (Å²) in [6.07, 6.45) is 3.77. The van der Waals surface area contributed by atoms with Gasteiger partial charge in [-0.25, -0.2) is 0 Å². The fourth-order valence-electron chi connectivity index (χ4n) is 2.29. The van der Waals surface area contributed by atoms with Crippen molar-refractivity contribution < 1.29 is 9.53 Å². The molecule has 1 heterocycles. The van der Waals surface area contributed by atoms with Crippen molar-refractivity contribution in [2.45, 2.75) is 50.0 Å². The average molecular weight is 228 g/mol. The van der Waals surface area contributed by atoms with Crippen LogP contribution in [0.25, 0.3) is 0 Å². The fourth-order valence-corrected chi connectivity index (χ4v) is 3.93. The lowest BCUT2D eigenvalue weighted by molar-refractivity contribution is -0.121. The van der Waals surface area contributed by atoms with E-state index in [4.69, 9.17) is 4.74 Å². The number of hydrogen-bond donors (Lipinski definition) is 0. The minimum Gasteiger partial charge on any atom is -0.380 e. The van der Waals surface area contributed by atoms with Crippen molar-refractivity contribution in [3.8, 4) is 0 Å². The molecule has 0 bridgehead atoms. The van der Waals surface area contributed by atoms with Gasteiger partial charge in [0.25, 0.3) is 0 Å². The van der Waals surface area contributed by atoms with Gasteiger partial charge in [0, 0.05) is 29.9 Å². The van der Waals surface area contributed by atoms with Crippen LogP contribution in [0.2, 0.25) is 0 Å². The van der Waals surface area contributed by atoms with E-state index >= 15 is 0 Å². The second kappa shape index (κ2) is 4.46. The monoisotopic (exact) mass is 228 g/mol. The zero-order chi connectivity index (χ0) is 10.9. The Labute approximate surface area is 96.1 Å². The first-order chi connectivity index (χ1) is 7.08. The molecule has 0 amide bonds. The van der Waals surface area contributed by atoms with Gasteiger partial charge in [0.15, 0.2) is 0 Å². The first kappa shape index (κ1) is 11.5. The van der Waals surface area contributed by atoms with Gasteiger partial charge in [0.1, 0.15) is 5.78 Å². The molecule has 15 heavy (non-hydrogen) atoms. The number of rotatable bonds is 2. The maximum atomic E-state index is 11.5. The maximum absolute atomic E-state index is 11.5. The second-order valence-electron chi connectivity index (χ2n) is 5.34. The first-order valence-corrected chi connectivity index (χ1v) is 6.77. The molecule has 2 fully saturated rings. The number of carbonyl (C=O) groups excluding carboxylic acids is 1. The third-order valence-electron chi connectivity index (χ3n) is 3.58. The van der Waals surface area contributed by atoms with Gasteiger partial charge in [-0.3, -0.25) is 4.79 Å². The van der Waals surface area contributed by atoms with Crippen molar-refractivity contribution in [1.29, 1.82) is 0 Å².